The molecule has 2 N–H and O–H groups in total. The summed E-state index contributed by atoms with van der Waals surface area (Å²) in [5, 5.41) is 5.44. The van der Waals surface area contributed by atoms with Crippen LogP contribution in [-0.2, 0) is 22.2 Å². The number of carbonyl (C=O) groups excluding carboxylic acids is 2. The van der Waals surface area contributed by atoms with Crippen LogP contribution < -0.4 is 10.6 Å². The lowest BCUT2D eigenvalue weighted by molar-refractivity contribution is -0.137. The molecule has 7 heteroatoms. The number of benzene rings is 2. The summed E-state index contributed by atoms with van der Waals surface area (Å²) in [5.41, 5.74) is 0.898. The molecule has 2 rings (SSSR count). The molecule has 2 amide bonds. The molecule has 27 heavy (non-hydrogen) atoms. The first-order valence-corrected chi connectivity index (χ1v) is 8.49. The van der Waals surface area contributed by atoms with E-state index in [1.54, 1.807) is 24.3 Å². The molecule has 2 aromatic rings. The van der Waals surface area contributed by atoms with Gasteiger partial charge in [-0.3, -0.25) is 9.59 Å². The van der Waals surface area contributed by atoms with Gasteiger partial charge in [0.25, 0.3) is 0 Å². The van der Waals surface area contributed by atoms with E-state index in [0.717, 1.165) is 12.1 Å². The van der Waals surface area contributed by atoms with Gasteiger partial charge < -0.3 is 10.6 Å². The van der Waals surface area contributed by atoms with Crippen LogP contribution in [0.2, 0.25) is 0 Å². The van der Waals surface area contributed by atoms with Crippen LogP contribution in [0.1, 0.15) is 31.4 Å². The zero-order chi connectivity index (χ0) is 20.0. The second kappa shape index (κ2) is 8.70. The third-order valence-corrected chi connectivity index (χ3v) is 3.69. The van der Waals surface area contributed by atoms with Gasteiger partial charge >= 0.3 is 6.18 Å². The number of amides is 2. The van der Waals surface area contributed by atoms with Crippen molar-refractivity contribution >= 4 is 23.2 Å². The summed E-state index contributed by atoms with van der Waals surface area (Å²) in [6.45, 7) is 3.91. The molecule has 0 aliphatic heterocycles. The summed E-state index contributed by atoms with van der Waals surface area (Å²) in [6, 6.07) is 11.1. The number of hydrogen-bond acceptors (Lipinski definition) is 2. The van der Waals surface area contributed by atoms with Gasteiger partial charge in [-0.15, -0.1) is 0 Å². The minimum Gasteiger partial charge on any atom is -0.326 e. The summed E-state index contributed by atoms with van der Waals surface area (Å²) in [4.78, 5) is 23.8. The quantitative estimate of drug-likeness (QED) is 0.753. The van der Waals surface area contributed by atoms with Gasteiger partial charge in [-0.05, 0) is 47.9 Å². The Morgan fingerprint density at radius 2 is 1.33 bits per heavy atom. The fraction of sp³-hybridized carbons (Fsp3) is 0.300. The molecule has 0 radical (unpaired) electrons. The van der Waals surface area contributed by atoms with Crippen LogP contribution in [0.5, 0.6) is 0 Å². The van der Waals surface area contributed by atoms with Crippen molar-refractivity contribution in [3.63, 3.8) is 0 Å². The number of rotatable bonds is 6. The van der Waals surface area contributed by atoms with Crippen molar-refractivity contribution in [3.05, 3.63) is 59.7 Å². The van der Waals surface area contributed by atoms with Crippen LogP contribution >= 0.6 is 0 Å². The molecule has 0 saturated heterocycles. The van der Waals surface area contributed by atoms with Gasteiger partial charge in [-0.25, -0.2) is 0 Å². The first-order valence-electron chi connectivity index (χ1n) is 8.49. The molecular formula is C20H21F3N2O2. The maximum absolute atomic E-state index is 12.5. The van der Waals surface area contributed by atoms with Crippen molar-refractivity contribution in [2.45, 2.75) is 32.9 Å². The lowest BCUT2D eigenvalue weighted by Crippen LogP contribution is -2.15. The molecule has 0 atom stereocenters. The molecule has 0 unspecified atom stereocenters. The van der Waals surface area contributed by atoms with Crippen molar-refractivity contribution in [3.8, 4) is 0 Å². The van der Waals surface area contributed by atoms with E-state index in [4.69, 9.17) is 0 Å². The Bertz CT molecular complexity index is 782. The highest BCUT2D eigenvalue weighted by molar-refractivity contribution is 5.93. The van der Waals surface area contributed by atoms with Crippen LogP contribution in [0, 0.1) is 5.92 Å². The van der Waals surface area contributed by atoms with E-state index in [2.05, 4.69) is 10.6 Å². The van der Waals surface area contributed by atoms with Gasteiger partial charge in [0, 0.05) is 17.8 Å². The normalized spacial score (nSPS) is 11.3. The van der Waals surface area contributed by atoms with E-state index in [1.807, 2.05) is 13.8 Å². The average molecular weight is 378 g/mol. The number of nitrogens with one attached hydrogen (secondary N) is 2. The lowest BCUT2D eigenvalue weighted by Gasteiger charge is -2.10. The molecule has 0 aliphatic rings. The minimum atomic E-state index is -4.40. The van der Waals surface area contributed by atoms with Crippen molar-refractivity contribution in [1.82, 2.24) is 0 Å². The van der Waals surface area contributed by atoms with Crippen molar-refractivity contribution in [1.29, 1.82) is 0 Å². The maximum Gasteiger partial charge on any atom is 0.416 e. The Kier molecular flexibility index (Phi) is 6.60. The van der Waals surface area contributed by atoms with Gasteiger partial charge in [0.15, 0.2) is 0 Å². The van der Waals surface area contributed by atoms with Crippen molar-refractivity contribution in [2.75, 3.05) is 10.6 Å². The number of halogens is 3. The van der Waals surface area contributed by atoms with Crippen molar-refractivity contribution in [2.24, 2.45) is 5.92 Å². The summed E-state index contributed by atoms with van der Waals surface area (Å²) in [5.74, 6) is -0.163. The molecule has 0 aliphatic carbocycles. The van der Waals surface area contributed by atoms with Gasteiger partial charge in [-0.1, -0.05) is 26.0 Å². The van der Waals surface area contributed by atoms with E-state index in [1.165, 1.54) is 12.1 Å². The molecule has 2 aromatic carbocycles. The first kappa shape index (κ1) is 20.5. The van der Waals surface area contributed by atoms with E-state index < -0.39 is 11.7 Å². The fourth-order valence-corrected chi connectivity index (χ4v) is 2.42. The smallest absolute Gasteiger partial charge is 0.326 e. The molecule has 0 aromatic heterocycles. The van der Waals surface area contributed by atoms with Gasteiger partial charge in [0.1, 0.15) is 0 Å². The zero-order valence-electron chi connectivity index (χ0n) is 15.1. The summed E-state index contributed by atoms with van der Waals surface area (Å²) in [7, 11) is 0. The van der Waals surface area contributed by atoms with Crippen LogP contribution in [0.4, 0.5) is 24.5 Å². The lowest BCUT2D eigenvalue weighted by atomic mass is 10.1. The van der Waals surface area contributed by atoms with Gasteiger partial charge in [-0.2, -0.15) is 13.2 Å². The number of anilines is 2. The third kappa shape index (κ3) is 6.77. The molecule has 4 nitrogen and oxygen atoms in total. The Labute approximate surface area is 155 Å². The summed E-state index contributed by atoms with van der Waals surface area (Å²) < 4.78 is 37.6. The van der Waals surface area contributed by atoms with E-state index in [0.29, 0.717) is 23.4 Å². The maximum atomic E-state index is 12.5. The number of hydrogen-bond donors (Lipinski definition) is 2. The van der Waals surface area contributed by atoms with Crippen LogP contribution in [0.25, 0.3) is 0 Å². The monoisotopic (exact) mass is 378 g/mol. The molecule has 0 bridgehead atoms. The minimum absolute atomic E-state index is 0.0367. The van der Waals surface area contributed by atoms with E-state index >= 15 is 0 Å². The second-order valence-electron chi connectivity index (χ2n) is 6.64. The highest BCUT2D eigenvalue weighted by atomic mass is 19.4. The molecular weight excluding hydrogens is 357 g/mol. The topological polar surface area (TPSA) is 58.2 Å². The van der Waals surface area contributed by atoms with Gasteiger partial charge in [0.2, 0.25) is 11.8 Å². The fourth-order valence-electron chi connectivity index (χ4n) is 2.42. The largest absolute Gasteiger partial charge is 0.416 e. The highest BCUT2D eigenvalue weighted by Crippen LogP contribution is 2.29. The summed E-state index contributed by atoms with van der Waals surface area (Å²) in [6.07, 6.45) is -4.01. The SMILES string of the molecule is CC(C)CC(=O)Nc1ccc(NC(=O)Cc2ccc(C(F)(F)F)cc2)cc1. The Morgan fingerprint density at radius 3 is 1.78 bits per heavy atom. The second-order valence-corrected chi connectivity index (χ2v) is 6.64. The standard InChI is InChI=1S/C20H21F3N2O2/c1-13(2)11-18(26)24-16-7-9-17(10-8-16)25-19(27)12-14-3-5-15(6-4-14)20(21,22)23/h3-10,13H,11-12H2,1-2H3,(H,24,26)(H,25,27). The van der Waals surface area contributed by atoms with E-state index in [9.17, 15) is 22.8 Å². The van der Waals surface area contributed by atoms with Crippen LogP contribution in [0.3, 0.4) is 0 Å². The predicted octanol–water partition coefficient (Wildman–Crippen LogP) is 4.87. The van der Waals surface area contributed by atoms with Crippen LogP contribution in [-0.4, -0.2) is 11.8 Å². The van der Waals surface area contributed by atoms with Crippen LogP contribution in [0.15, 0.2) is 48.5 Å². The molecule has 0 heterocycles. The number of alkyl halides is 3. The Hall–Kier alpha value is -2.83. The Balaban J connectivity index is 1.89. The Morgan fingerprint density at radius 1 is 0.852 bits per heavy atom. The first-order chi connectivity index (χ1) is 12.6. The number of carbonyl (C=O) groups is 2. The third-order valence-electron chi connectivity index (χ3n) is 3.69. The van der Waals surface area contributed by atoms with Crippen molar-refractivity contribution < 1.29 is 22.8 Å². The van der Waals surface area contributed by atoms with E-state index in [-0.39, 0.29) is 24.2 Å². The highest BCUT2D eigenvalue weighted by Gasteiger charge is 2.29. The molecule has 0 fully saturated rings. The molecule has 0 saturated carbocycles. The average Bonchev–Trinajstić information content (AvgIpc) is 2.55. The molecule has 144 valence electrons. The zero-order valence-corrected chi connectivity index (χ0v) is 15.1. The van der Waals surface area contributed by atoms with Gasteiger partial charge in [0.05, 0.1) is 12.0 Å². The predicted molar refractivity (Wildman–Crippen MR) is 98.3 cm³/mol. The summed E-state index contributed by atoms with van der Waals surface area (Å²) >= 11 is 0. The molecule has 0 spiro atoms.